The molecule has 8 heteroatoms. The van der Waals surface area contributed by atoms with Gasteiger partial charge in [0.1, 0.15) is 4.90 Å². The third kappa shape index (κ3) is 4.11. The van der Waals surface area contributed by atoms with Crippen molar-refractivity contribution in [2.75, 3.05) is 0 Å². The highest BCUT2D eigenvalue weighted by Crippen LogP contribution is 2.38. The summed E-state index contributed by atoms with van der Waals surface area (Å²) in [6.07, 6.45) is 4.76. The van der Waals surface area contributed by atoms with Crippen molar-refractivity contribution in [3.05, 3.63) is 132 Å². The van der Waals surface area contributed by atoms with Crippen LogP contribution in [0.5, 0.6) is 0 Å². The van der Waals surface area contributed by atoms with Crippen LogP contribution in [0.4, 0.5) is 0 Å². The molecule has 3 aromatic carbocycles. The number of benzene rings is 3. The van der Waals surface area contributed by atoms with E-state index in [9.17, 15) is 18.5 Å². The second-order valence-corrected chi connectivity index (χ2v) is 10.8. The Balaban J connectivity index is 1.72. The number of H-pyrrole nitrogens is 1. The van der Waals surface area contributed by atoms with E-state index in [-0.39, 0.29) is 20.9 Å². The number of nitriles is 1. The number of hydrogen-bond acceptors (Lipinski definition) is 5. The van der Waals surface area contributed by atoms with Crippen LogP contribution < -0.4 is 5.56 Å². The Kier molecular flexibility index (Phi) is 5.91. The molecule has 0 aliphatic carbocycles. The molecule has 7 nitrogen and oxygen atoms in total. The van der Waals surface area contributed by atoms with E-state index in [1.807, 2.05) is 12.1 Å². The summed E-state index contributed by atoms with van der Waals surface area (Å²) >= 11 is 0. The Morgan fingerprint density at radius 1 is 0.846 bits per heavy atom. The van der Waals surface area contributed by atoms with Gasteiger partial charge in [-0.05, 0) is 42.5 Å². The van der Waals surface area contributed by atoms with Gasteiger partial charge in [0.05, 0.1) is 34.1 Å². The quantitative estimate of drug-likeness (QED) is 0.306. The number of hydrogen-bond donors (Lipinski definition) is 1. The van der Waals surface area contributed by atoms with Gasteiger partial charge in [0, 0.05) is 40.0 Å². The van der Waals surface area contributed by atoms with Gasteiger partial charge in [-0.1, -0.05) is 54.6 Å². The molecule has 3 heterocycles. The first-order valence-corrected chi connectivity index (χ1v) is 13.5. The average Bonchev–Trinajstić information content (AvgIpc) is 3.39. The van der Waals surface area contributed by atoms with Crippen LogP contribution in [0.25, 0.3) is 39.0 Å². The molecular weight excluding hydrogens is 508 g/mol. The number of nitrogens with zero attached hydrogens (tertiary/aromatic N) is 3. The minimum Gasteiger partial charge on any atom is -0.353 e. The Bertz CT molecular complexity index is 2060. The predicted molar refractivity (Wildman–Crippen MR) is 149 cm³/mol. The molecule has 0 bridgehead atoms. The summed E-state index contributed by atoms with van der Waals surface area (Å²) < 4.78 is 29.5. The van der Waals surface area contributed by atoms with Gasteiger partial charge in [0.2, 0.25) is 9.84 Å². The fourth-order valence-corrected chi connectivity index (χ4v) is 6.39. The lowest BCUT2D eigenvalue weighted by atomic mass is 9.99. The van der Waals surface area contributed by atoms with Gasteiger partial charge >= 0.3 is 0 Å². The molecule has 188 valence electrons. The van der Waals surface area contributed by atoms with Crippen molar-refractivity contribution in [2.24, 2.45) is 0 Å². The number of fused-ring (bicyclic) bond motifs is 1. The molecule has 6 aromatic rings. The normalized spacial score (nSPS) is 11.4. The number of rotatable bonds is 5. The van der Waals surface area contributed by atoms with E-state index >= 15 is 0 Å². The van der Waals surface area contributed by atoms with E-state index in [1.54, 1.807) is 104 Å². The zero-order valence-electron chi connectivity index (χ0n) is 20.4. The molecule has 0 aliphatic rings. The van der Waals surface area contributed by atoms with Gasteiger partial charge in [-0.3, -0.25) is 14.3 Å². The topological polar surface area (TPSA) is 109 Å². The molecular formula is C31H20N4O3S. The van der Waals surface area contributed by atoms with Crippen molar-refractivity contribution < 1.29 is 8.42 Å². The monoisotopic (exact) mass is 528 g/mol. The summed E-state index contributed by atoms with van der Waals surface area (Å²) in [6.45, 7) is 0. The highest BCUT2D eigenvalue weighted by molar-refractivity contribution is 7.91. The predicted octanol–water partition coefficient (Wildman–Crippen LogP) is 5.75. The zero-order valence-corrected chi connectivity index (χ0v) is 21.3. The van der Waals surface area contributed by atoms with Crippen LogP contribution >= 0.6 is 0 Å². The summed E-state index contributed by atoms with van der Waals surface area (Å²) in [5.41, 5.74) is 2.63. The maximum atomic E-state index is 14.0. The van der Waals surface area contributed by atoms with Crippen molar-refractivity contribution in [2.45, 2.75) is 9.79 Å². The average molecular weight is 529 g/mol. The second-order valence-electron chi connectivity index (χ2n) is 8.88. The van der Waals surface area contributed by atoms with E-state index in [1.165, 1.54) is 4.57 Å². The highest BCUT2D eigenvalue weighted by atomic mass is 32.2. The number of pyridine rings is 2. The molecule has 6 rings (SSSR count). The summed E-state index contributed by atoms with van der Waals surface area (Å²) in [5, 5.41) is 10.3. The zero-order chi connectivity index (χ0) is 27.0. The molecule has 3 aromatic heterocycles. The number of sulfone groups is 1. The lowest BCUT2D eigenvalue weighted by molar-refractivity contribution is 0.597. The maximum Gasteiger partial charge on any atom is 0.263 e. The van der Waals surface area contributed by atoms with Crippen LogP contribution in [0.15, 0.2) is 130 Å². The largest absolute Gasteiger partial charge is 0.353 e. The van der Waals surface area contributed by atoms with Crippen molar-refractivity contribution in [1.29, 1.82) is 5.26 Å². The fourth-order valence-electron chi connectivity index (χ4n) is 4.73. The van der Waals surface area contributed by atoms with Gasteiger partial charge in [-0.2, -0.15) is 5.26 Å². The van der Waals surface area contributed by atoms with Gasteiger partial charge in [0.25, 0.3) is 5.56 Å². The van der Waals surface area contributed by atoms with Gasteiger partial charge in [-0.15, -0.1) is 0 Å². The van der Waals surface area contributed by atoms with Crippen LogP contribution in [0.2, 0.25) is 0 Å². The van der Waals surface area contributed by atoms with Crippen molar-refractivity contribution >= 4 is 20.7 Å². The lowest BCUT2D eigenvalue weighted by Crippen LogP contribution is -2.20. The minimum atomic E-state index is -3.96. The molecule has 1 N–H and O–H groups in total. The number of nitrogens with one attached hydrogen (secondary N) is 1. The Morgan fingerprint density at radius 3 is 2.36 bits per heavy atom. The van der Waals surface area contributed by atoms with Gasteiger partial charge in [-0.25, -0.2) is 8.42 Å². The Labute approximate surface area is 224 Å². The van der Waals surface area contributed by atoms with Crippen LogP contribution in [0, 0.1) is 11.3 Å². The van der Waals surface area contributed by atoms with Crippen LogP contribution in [-0.4, -0.2) is 23.0 Å². The number of para-hydroxylation sites is 1. The lowest BCUT2D eigenvalue weighted by Gasteiger charge is -2.14. The summed E-state index contributed by atoms with van der Waals surface area (Å²) in [5.74, 6) is 0. The SMILES string of the molecule is N#Cc1ccccc1-c1cc(-c2[nH]c3ccccc3c2S(=O)(=O)c2ccccc2)cn(-c2cccnc2)c1=O. The first kappa shape index (κ1) is 24.1. The van der Waals surface area contributed by atoms with E-state index in [0.29, 0.717) is 39.0 Å². The van der Waals surface area contributed by atoms with Crippen molar-refractivity contribution in [1.82, 2.24) is 14.5 Å². The molecule has 0 unspecified atom stereocenters. The highest BCUT2D eigenvalue weighted by Gasteiger charge is 2.28. The van der Waals surface area contributed by atoms with E-state index in [2.05, 4.69) is 16.0 Å². The number of aromatic nitrogens is 3. The van der Waals surface area contributed by atoms with E-state index in [4.69, 9.17) is 0 Å². The first-order valence-electron chi connectivity index (χ1n) is 12.1. The van der Waals surface area contributed by atoms with E-state index in [0.717, 1.165) is 0 Å². The molecule has 0 amide bonds. The third-order valence-electron chi connectivity index (χ3n) is 6.55. The van der Waals surface area contributed by atoms with Crippen LogP contribution in [-0.2, 0) is 9.84 Å². The molecule has 0 fully saturated rings. The molecule has 0 saturated heterocycles. The molecule has 0 aliphatic heterocycles. The first-order chi connectivity index (χ1) is 19.0. The molecule has 0 atom stereocenters. The molecule has 0 radical (unpaired) electrons. The number of aromatic amines is 1. The van der Waals surface area contributed by atoms with Gasteiger partial charge < -0.3 is 4.98 Å². The van der Waals surface area contributed by atoms with E-state index < -0.39 is 9.84 Å². The van der Waals surface area contributed by atoms with Crippen LogP contribution in [0.1, 0.15) is 5.56 Å². The summed E-state index contributed by atoms with van der Waals surface area (Å²) in [4.78, 5) is 21.5. The smallest absolute Gasteiger partial charge is 0.263 e. The molecule has 0 spiro atoms. The third-order valence-corrected chi connectivity index (χ3v) is 8.40. The summed E-state index contributed by atoms with van der Waals surface area (Å²) in [6, 6.07) is 29.5. The van der Waals surface area contributed by atoms with Gasteiger partial charge in [0.15, 0.2) is 0 Å². The minimum absolute atomic E-state index is 0.111. The fraction of sp³-hybridized carbons (Fsp3) is 0. The second kappa shape index (κ2) is 9.56. The molecule has 0 saturated carbocycles. The van der Waals surface area contributed by atoms with Crippen molar-refractivity contribution in [3.63, 3.8) is 0 Å². The summed E-state index contributed by atoms with van der Waals surface area (Å²) in [7, 11) is -3.96. The molecule has 39 heavy (non-hydrogen) atoms. The maximum absolute atomic E-state index is 14.0. The standard InChI is InChI=1S/C31H20N4O3S/c32-18-21-9-4-5-13-25(21)27-17-22(20-35(31(27)36)23-10-8-16-33-19-23)29-30(26-14-6-7-15-28(26)34-29)39(37,38)24-11-2-1-3-12-24/h1-17,19-20,34H. The van der Waals surface area contributed by atoms with Crippen LogP contribution in [0.3, 0.4) is 0 Å². The Hall–Kier alpha value is -5.26. The Morgan fingerprint density at radius 2 is 1.59 bits per heavy atom. The van der Waals surface area contributed by atoms with Crippen molar-refractivity contribution in [3.8, 4) is 34.1 Å².